The van der Waals surface area contributed by atoms with E-state index in [9.17, 15) is 9.00 Å². The van der Waals surface area contributed by atoms with Crippen LogP contribution >= 0.6 is 0 Å². The number of benzene rings is 1. The highest BCUT2D eigenvalue weighted by Gasteiger charge is 2.10. The Morgan fingerprint density at radius 1 is 1.16 bits per heavy atom. The Morgan fingerprint density at radius 3 is 2.32 bits per heavy atom. The summed E-state index contributed by atoms with van der Waals surface area (Å²) in [5.41, 5.74) is 1.90. The average Bonchev–Trinajstić information content (AvgIpc) is 2.39. The quantitative estimate of drug-likeness (QED) is 0.534. The number of rotatable bonds is 8. The summed E-state index contributed by atoms with van der Waals surface area (Å²) in [6, 6.07) is 7.66. The molecule has 2 nitrogen and oxygen atoms in total. The second-order valence-electron chi connectivity index (χ2n) is 5.20. The van der Waals surface area contributed by atoms with Crippen LogP contribution in [-0.2, 0) is 10.8 Å². The molecule has 1 aromatic rings. The minimum atomic E-state index is -1.02. The molecule has 0 fully saturated rings. The van der Waals surface area contributed by atoms with Gasteiger partial charge in [0.1, 0.15) is 0 Å². The maximum atomic E-state index is 12.0. The predicted molar refractivity (Wildman–Crippen MR) is 82.3 cm³/mol. The fourth-order valence-corrected chi connectivity index (χ4v) is 3.00. The SMILES string of the molecule is CCCCCS(=O)CC(=O)c1ccc(C(C)C)cc1. The monoisotopic (exact) mass is 280 g/mol. The third-order valence-electron chi connectivity index (χ3n) is 3.17. The molecule has 19 heavy (non-hydrogen) atoms. The zero-order valence-corrected chi connectivity index (χ0v) is 13.0. The molecule has 1 unspecified atom stereocenters. The smallest absolute Gasteiger partial charge is 0.175 e. The normalized spacial score (nSPS) is 12.6. The number of ketones is 1. The molecule has 1 rings (SSSR count). The summed E-state index contributed by atoms with van der Waals surface area (Å²) in [7, 11) is -1.02. The topological polar surface area (TPSA) is 34.1 Å². The molecule has 1 aromatic carbocycles. The number of Topliss-reactive ketones (excluding diaryl/α,β-unsaturated/α-hetero) is 1. The number of carbonyl (C=O) groups excluding carboxylic acids is 1. The highest BCUT2D eigenvalue weighted by atomic mass is 32.2. The van der Waals surface area contributed by atoms with E-state index < -0.39 is 10.8 Å². The summed E-state index contributed by atoms with van der Waals surface area (Å²) in [5.74, 6) is 1.26. The van der Waals surface area contributed by atoms with E-state index in [0.29, 0.717) is 17.2 Å². The van der Waals surface area contributed by atoms with Crippen LogP contribution in [-0.4, -0.2) is 21.5 Å². The van der Waals surface area contributed by atoms with E-state index in [1.54, 1.807) is 0 Å². The summed E-state index contributed by atoms with van der Waals surface area (Å²) >= 11 is 0. The Labute approximate surface area is 119 Å². The van der Waals surface area contributed by atoms with Gasteiger partial charge in [-0.25, -0.2) is 0 Å². The molecule has 0 spiro atoms. The molecule has 0 radical (unpaired) electrons. The van der Waals surface area contributed by atoms with Crippen molar-refractivity contribution in [2.24, 2.45) is 0 Å². The van der Waals surface area contributed by atoms with Gasteiger partial charge in [-0.15, -0.1) is 0 Å². The standard InChI is InChI=1S/C16H24O2S/c1-4-5-6-11-19(18)12-16(17)15-9-7-14(8-10-15)13(2)3/h7-10,13H,4-6,11-12H2,1-3H3. The molecule has 0 amide bonds. The van der Waals surface area contributed by atoms with E-state index in [1.807, 2.05) is 24.3 Å². The molecule has 0 saturated carbocycles. The molecule has 0 saturated heterocycles. The second kappa shape index (κ2) is 8.26. The fourth-order valence-electron chi connectivity index (χ4n) is 1.87. The van der Waals surface area contributed by atoms with Crippen molar-refractivity contribution in [1.29, 1.82) is 0 Å². The largest absolute Gasteiger partial charge is 0.293 e. The molecule has 0 aliphatic carbocycles. The van der Waals surface area contributed by atoms with Crippen molar-refractivity contribution in [3.63, 3.8) is 0 Å². The zero-order valence-electron chi connectivity index (χ0n) is 12.1. The summed E-state index contributed by atoms with van der Waals surface area (Å²) in [6.07, 6.45) is 3.15. The van der Waals surface area contributed by atoms with Crippen molar-refractivity contribution < 1.29 is 9.00 Å². The van der Waals surface area contributed by atoms with Crippen molar-refractivity contribution in [2.45, 2.75) is 46.0 Å². The maximum Gasteiger partial charge on any atom is 0.175 e. The molecule has 106 valence electrons. The van der Waals surface area contributed by atoms with Gasteiger partial charge >= 0.3 is 0 Å². The first-order valence-corrected chi connectivity index (χ1v) is 8.51. The van der Waals surface area contributed by atoms with Gasteiger partial charge in [0.25, 0.3) is 0 Å². The van der Waals surface area contributed by atoms with Gasteiger partial charge in [-0.3, -0.25) is 9.00 Å². The van der Waals surface area contributed by atoms with E-state index in [4.69, 9.17) is 0 Å². The van der Waals surface area contributed by atoms with Gasteiger partial charge in [0.2, 0.25) is 0 Å². The van der Waals surface area contributed by atoms with E-state index in [2.05, 4.69) is 20.8 Å². The Balaban J connectivity index is 2.51. The first-order chi connectivity index (χ1) is 9.04. The lowest BCUT2D eigenvalue weighted by molar-refractivity contribution is 0.102. The molecule has 0 N–H and O–H groups in total. The summed E-state index contributed by atoms with van der Waals surface area (Å²) < 4.78 is 11.8. The molecule has 3 heteroatoms. The number of hydrogen-bond acceptors (Lipinski definition) is 2. The summed E-state index contributed by atoms with van der Waals surface area (Å²) in [4.78, 5) is 12.0. The second-order valence-corrected chi connectivity index (χ2v) is 6.77. The van der Waals surface area contributed by atoms with E-state index in [1.165, 1.54) is 5.56 Å². The lowest BCUT2D eigenvalue weighted by atomic mass is 10.0. The first-order valence-electron chi connectivity index (χ1n) is 7.02. The molecule has 0 aromatic heterocycles. The summed E-state index contributed by atoms with van der Waals surface area (Å²) in [6.45, 7) is 6.36. The van der Waals surface area contributed by atoms with Crippen LogP contribution in [0.5, 0.6) is 0 Å². The maximum absolute atomic E-state index is 12.0. The van der Waals surface area contributed by atoms with Crippen LogP contribution in [0.15, 0.2) is 24.3 Å². The average molecular weight is 280 g/mol. The first kappa shape index (κ1) is 16.1. The van der Waals surface area contributed by atoms with E-state index in [-0.39, 0.29) is 11.5 Å². The van der Waals surface area contributed by atoms with Crippen molar-refractivity contribution in [1.82, 2.24) is 0 Å². The van der Waals surface area contributed by atoms with Gasteiger partial charge < -0.3 is 0 Å². The molecular formula is C16H24O2S. The number of carbonyl (C=O) groups is 1. The van der Waals surface area contributed by atoms with Crippen LogP contribution in [0.2, 0.25) is 0 Å². The lowest BCUT2D eigenvalue weighted by Crippen LogP contribution is -2.13. The van der Waals surface area contributed by atoms with Gasteiger partial charge in [-0.05, 0) is 17.9 Å². The molecule has 0 heterocycles. The number of unbranched alkanes of at least 4 members (excludes halogenated alkanes) is 2. The third-order valence-corrected chi connectivity index (χ3v) is 4.50. The lowest BCUT2D eigenvalue weighted by Gasteiger charge is -2.06. The zero-order chi connectivity index (χ0) is 14.3. The van der Waals surface area contributed by atoms with Gasteiger partial charge in [0.15, 0.2) is 5.78 Å². The molecular weight excluding hydrogens is 256 g/mol. The van der Waals surface area contributed by atoms with Crippen LogP contribution in [0.1, 0.15) is 61.9 Å². The molecule has 0 aliphatic rings. The van der Waals surface area contributed by atoms with Gasteiger partial charge in [-0.1, -0.05) is 57.9 Å². The van der Waals surface area contributed by atoms with Gasteiger partial charge in [0.05, 0.1) is 5.75 Å². The minimum absolute atomic E-state index is 0.00913. The third kappa shape index (κ3) is 5.68. The van der Waals surface area contributed by atoms with Crippen LogP contribution in [0.3, 0.4) is 0 Å². The molecule has 0 aliphatic heterocycles. The Morgan fingerprint density at radius 2 is 1.79 bits per heavy atom. The fraction of sp³-hybridized carbons (Fsp3) is 0.562. The Kier molecular flexibility index (Phi) is 7.00. The van der Waals surface area contributed by atoms with Crippen molar-refractivity contribution in [2.75, 3.05) is 11.5 Å². The number of hydrogen-bond donors (Lipinski definition) is 0. The Bertz CT molecular complexity index is 421. The van der Waals surface area contributed by atoms with Gasteiger partial charge in [-0.2, -0.15) is 0 Å². The highest BCUT2D eigenvalue weighted by Crippen LogP contribution is 2.15. The summed E-state index contributed by atoms with van der Waals surface area (Å²) in [5, 5.41) is 0. The molecule has 0 bridgehead atoms. The van der Waals surface area contributed by atoms with Gasteiger partial charge in [0, 0.05) is 22.1 Å². The minimum Gasteiger partial charge on any atom is -0.293 e. The van der Waals surface area contributed by atoms with Crippen LogP contribution in [0.25, 0.3) is 0 Å². The van der Waals surface area contributed by atoms with Crippen molar-refractivity contribution in [3.05, 3.63) is 35.4 Å². The molecule has 1 atom stereocenters. The highest BCUT2D eigenvalue weighted by molar-refractivity contribution is 7.85. The van der Waals surface area contributed by atoms with Crippen LogP contribution < -0.4 is 0 Å². The van der Waals surface area contributed by atoms with E-state index in [0.717, 1.165) is 19.3 Å². The van der Waals surface area contributed by atoms with Crippen molar-refractivity contribution >= 4 is 16.6 Å². The van der Waals surface area contributed by atoms with Crippen molar-refractivity contribution in [3.8, 4) is 0 Å². The van der Waals surface area contributed by atoms with E-state index >= 15 is 0 Å². The Hall–Kier alpha value is -0.960. The predicted octanol–water partition coefficient (Wildman–Crippen LogP) is 3.93. The van der Waals surface area contributed by atoms with Crippen LogP contribution in [0.4, 0.5) is 0 Å². The van der Waals surface area contributed by atoms with Crippen LogP contribution in [0, 0.1) is 0 Å².